The van der Waals surface area contributed by atoms with Gasteiger partial charge in [0.05, 0.1) is 5.69 Å². The number of rotatable bonds is 5. The molecule has 4 rings (SSSR count). The van der Waals surface area contributed by atoms with E-state index >= 15 is 0 Å². The van der Waals surface area contributed by atoms with Crippen LogP contribution in [0.25, 0.3) is 6.08 Å². The van der Waals surface area contributed by atoms with Crippen LogP contribution < -0.4 is 15.2 Å². The molecule has 6 heteroatoms. The maximum atomic E-state index is 12.9. The van der Waals surface area contributed by atoms with Crippen LogP contribution in [0.15, 0.2) is 78.4 Å². The molecule has 0 bridgehead atoms. The smallest absolute Gasteiger partial charge is 0.282 e. The van der Waals surface area contributed by atoms with Crippen molar-refractivity contribution in [3.05, 3.63) is 100 Å². The van der Waals surface area contributed by atoms with E-state index < -0.39 is 11.8 Å². The average molecular weight is 419 g/mol. The van der Waals surface area contributed by atoms with Gasteiger partial charge in [0.15, 0.2) is 0 Å². The lowest BCUT2D eigenvalue weighted by Crippen LogP contribution is -2.35. The Bertz CT molecular complexity index is 1140. The second-order valence-electron chi connectivity index (χ2n) is 6.89. The van der Waals surface area contributed by atoms with Crippen molar-refractivity contribution in [2.24, 2.45) is 0 Å². The third-order valence-electron chi connectivity index (χ3n) is 4.76. The highest BCUT2D eigenvalue weighted by Crippen LogP contribution is 2.28. The first-order valence-corrected chi connectivity index (χ1v) is 9.80. The highest BCUT2D eigenvalue weighted by Gasteiger charge is 2.34. The van der Waals surface area contributed by atoms with Crippen molar-refractivity contribution in [2.75, 3.05) is 5.01 Å². The fourth-order valence-electron chi connectivity index (χ4n) is 3.08. The molecule has 0 radical (unpaired) electrons. The summed E-state index contributed by atoms with van der Waals surface area (Å²) in [7, 11) is 0. The quantitative estimate of drug-likeness (QED) is 0.483. The van der Waals surface area contributed by atoms with Crippen LogP contribution in [0, 0.1) is 6.92 Å². The van der Waals surface area contributed by atoms with Gasteiger partial charge in [-0.3, -0.25) is 15.0 Å². The van der Waals surface area contributed by atoms with Gasteiger partial charge in [0.25, 0.3) is 11.8 Å². The Labute approximate surface area is 179 Å². The Morgan fingerprint density at radius 2 is 1.73 bits per heavy atom. The lowest BCUT2D eigenvalue weighted by atomic mass is 10.1. The van der Waals surface area contributed by atoms with E-state index in [1.807, 2.05) is 55.5 Å². The van der Waals surface area contributed by atoms with Gasteiger partial charge in [-0.1, -0.05) is 66.2 Å². The fourth-order valence-corrected chi connectivity index (χ4v) is 3.26. The van der Waals surface area contributed by atoms with Gasteiger partial charge >= 0.3 is 0 Å². The highest BCUT2D eigenvalue weighted by molar-refractivity contribution is 6.33. The van der Waals surface area contributed by atoms with Gasteiger partial charge in [-0.25, -0.2) is 5.01 Å². The van der Waals surface area contributed by atoms with Crippen molar-refractivity contribution >= 4 is 35.2 Å². The summed E-state index contributed by atoms with van der Waals surface area (Å²) < 4.78 is 5.93. The number of benzene rings is 3. The van der Waals surface area contributed by atoms with Crippen molar-refractivity contribution in [2.45, 2.75) is 13.5 Å². The second-order valence-corrected chi connectivity index (χ2v) is 7.29. The summed E-state index contributed by atoms with van der Waals surface area (Å²) >= 11 is 6.17. The molecule has 1 fully saturated rings. The third-order valence-corrected chi connectivity index (χ3v) is 5.17. The van der Waals surface area contributed by atoms with E-state index in [0.717, 1.165) is 11.1 Å². The van der Waals surface area contributed by atoms with Crippen LogP contribution in [0.4, 0.5) is 5.69 Å². The minimum atomic E-state index is -0.477. The number of aryl methyl sites for hydroxylation is 1. The number of hydrazine groups is 1. The molecule has 2 amide bonds. The highest BCUT2D eigenvalue weighted by atomic mass is 35.5. The monoisotopic (exact) mass is 418 g/mol. The predicted octanol–water partition coefficient (Wildman–Crippen LogP) is 4.69. The van der Waals surface area contributed by atoms with Crippen molar-refractivity contribution in [3.63, 3.8) is 0 Å². The minimum absolute atomic E-state index is 0.0301. The Hall–Kier alpha value is -3.57. The molecule has 0 spiro atoms. The first-order valence-electron chi connectivity index (χ1n) is 9.42. The van der Waals surface area contributed by atoms with Crippen LogP contribution in [0.3, 0.4) is 0 Å². The summed E-state index contributed by atoms with van der Waals surface area (Å²) in [6.45, 7) is 2.25. The molecule has 150 valence electrons. The zero-order valence-electron chi connectivity index (χ0n) is 16.3. The van der Waals surface area contributed by atoms with Crippen LogP contribution in [0.2, 0.25) is 5.02 Å². The Morgan fingerprint density at radius 3 is 2.50 bits per heavy atom. The Balaban J connectivity index is 1.59. The number of hydrogen-bond donors (Lipinski definition) is 1. The molecule has 0 saturated carbocycles. The van der Waals surface area contributed by atoms with Crippen LogP contribution in [0.1, 0.15) is 16.7 Å². The molecule has 5 nitrogen and oxygen atoms in total. The van der Waals surface area contributed by atoms with Gasteiger partial charge in [0.2, 0.25) is 0 Å². The zero-order chi connectivity index (χ0) is 21.1. The molecule has 0 atom stereocenters. The summed E-state index contributed by atoms with van der Waals surface area (Å²) in [6, 6.07) is 22.2. The molecule has 1 heterocycles. The van der Waals surface area contributed by atoms with Gasteiger partial charge < -0.3 is 4.74 Å². The summed E-state index contributed by atoms with van der Waals surface area (Å²) in [4.78, 5) is 25.4. The third kappa shape index (κ3) is 4.07. The van der Waals surface area contributed by atoms with E-state index in [0.29, 0.717) is 28.6 Å². The summed E-state index contributed by atoms with van der Waals surface area (Å²) in [5.74, 6) is -0.335. The Morgan fingerprint density at radius 1 is 1.00 bits per heavy atom. The Kier molecular flexibility index (Phi) is 5.55. The van der Waals surface area contributed by atoms with Gasteiger partial charge in [-0.05, 0) is 42.3 Å². The molecule has 1 aliphatic rings. The van der Waals surface area contributed by atoms with E-state index in [1.54, 1.807) is 30.3 Å². The molecule has 30 heavy (non-hydrogen) atoms. The van der Waals surface area contributed by atoms with Crippen molar-refractivity contribution in [1.82, 2.24) is 5.43 Å². The number of carbonyl (C=O) groups excluding carboxylic acids is 2. The summed E-state index contributed by atoms with van der Waals surface area (Å²) in [6.07, 6.45) is 1.55. The summed E-state index contributed by atoms with van der Waals surface area (Å²) in [5.41, 5.74) is 5.68. The van der Waals surface area contributed by atoms with Crippen LogP contribution in [-0.2, 0) is 16.2 Å². The maximum absolute atomic E-state index is 12.9. The largest absolute Gasteiger partial charge is 0.488 e. The lowest BCUT2D eigenvalue weighted by molar-refractivity contribution is -0.117. The first-order chi connectivity index (χ1) is 14.5. The number of nitrogens with zero attached hydrogens (tertiary/aromatic N) is 1. The van der Waals surface area contributed by atoms with Crippen LogP contribution >= 0.6 is 11.6 Å². The molecule has 0 aliphatic carbocycles. The van der Waals surface area contributed by atoms with Crippen molar-refractivity contribution in [3.8, 4) is 5.75 Å². The maximum Gasteiger partial charge on any atom is 0.282 e. The van der Waals surface area contributed by atoms with E-state index in [4.69, 9.17) is 16.3 Å². The van der Waals surface area contributed by atoms with Gasteiger partial charge in [-0.15, -0.1) is 0 Å². The number of anilines is 1. The predicted molar refractivity (Wildman–Crippen MR) is 117 cm³/mol. The zero-order valence-corrected chi connectivity index (χ0v) is 17.0. The van der Waals surface area contributed by atoms with Crippen LogP contribution in [0.5, 0.6) is 5.75 Å². The van der Waals surface area contributed by atoms with E-state index in [2.05, 4.69) is 5.43 Å². The average Bonchev–Trinajstić information content (AvgIpc) is 3.04. The molecule has 1 aliphatic heterocycles. The second kappa shape index (κ2) is 8.43. The normalized spacial score (nSPS) is 14.9. The van der Waals surface area contributed by atoms with E-state index in [-0.39, 0.29) is 5.57 Å². The number of amides is 2. The van der Waals surface area contributed by atoms with Crippen molar-refractivity contribution < 1.29 is 14.3 Å². The molecule has 3 aromatic rings. The number of halogens is 1. The fraction of sp³-hybridized carbons (Fsp3) is 0.0833. The van der Waals surface area contributed by atoms with Gasteiger partial charge in [-0.2, -0.15) is 0 Å². The molecular formula is C24H19ClN2O3. The van der Waals surface area contributed by atoms with Gasteiger partial charge in [0, 0.05) is 10.6 Å². The number of hydrogen-bond acceptors (Lipinski definition) is 3. The molecule has 1 N–H and O–H groups in total. The minimum Gasteiger partial charge on any atom is -0.488 e. The lowest BCUT2D eigenvalue weighted by Gasteiger charge is -2.15. The number of ether oxygens (including phenoxy) is 1. The van der Waals surface area contributed by atoms with Crippen molar-refractivity contribution in [1.29, 1.82) is 0 Å². The topological polar surface area (TPSA) is 58.6 Å². The molecule has 1 saturated heterocycles. The number of carbonyl (C=O) groups is 2. The molecule has 0 aromatic heterocycles. The SMILES string of the molecule is Cc1ccc(N2NC(=O)/C(=C/c3ccccc3OCc3ccccc3)C2=O)cc1Cl. The van der Waals surface area contributed by atoms with E-state index in [1.165, 1.54) is 5.01 Å². The first kappa shape index (κ1) is 19.7. The van der Waals surface area contributed by atoms with E-state index in [9.17, 15) is 9.59 Å². The molecule has 3 aromatic carbocycles. The van der Waals surface area contributed by atoms with Crippen LogP contribution in [-0.4, -0.2) is 11.8 Å². The molecule has 0 unspecified atom stereocenters. The standard InChI is InChI=1S/C24H19ClN2O3/c1-16-11-12-19(14-21(16)25)27-24(29)20(23(28)26-27)13-18-9-5-6-10-22(18)30-15-17-7-3-2-4-8-17/h2-14H,15H2,1H3,(H,26,28)/b20-13-. The molecular weight excluding hydrogens is 400 g/mol. The summed E-state index contributed by atoms with van der Waals surface area (Å²) in [5, 5.41) is 1.72. The van der Waals surface area contributed by atoms with Gasteiger partial charge in [0.1, 0.15) is 17.9 Å². The number of nitrogens with one attached hydrogen (secondary N) is 1. The number of para-hydroxylation sites is 1.